The first-order chi connectivity index (χ1) is 15.5. The smallest absolute Gasteiger partial charge is 0.243 e. The van der Waals surface area contributed by atoms with E-state index in [9.17, 15) is 8.42 Å². The van der Waals surface area contributed by atoms with Gasteiger partial charge in [-0.1, -0.05) is 18.2 Å². The Morgan fingerprint density at radius 2 is 1.78 bits per heavy atom. The van der Waals surface area contributed by atoms with Crippen LogP contribution in [0.5, 0.6) is 0 Å². The van der Waals surface area contributed by atoms with E-state index in [2.05, 4.69) is 20.0 Å². The van der Waals surface area contributed by atoms with E-state index in [1.54, 1.807) is 30.5 Å². The van der Waals surface area contributed by atoms with Gasteiger partial charge in [0, 0.05) is 46.0 Å². The molecule has 0 aliphatic carbocycles. The highest BCUT2D eigenvalue weighted by atomic mass is 32.2. The van der Waals surface area contributed by atoms with Crippen molar-refractivity contribution < 1.29 is 8.42 Å². The Morgan fingerprint density at radius 1 is 1.03 bits per heavy atom. The van der Waals surface area contributed by atoms with Gasteiger partial charge in [-0.05, 0) is 19.1 Å². The number of aromatic nitrogens is 6. The lowest BCUT2D eigenvalue weighted by atomic mass is 10.3. The van der Waals surface area contributed by atoms with Gasteiger partial charge in [-0.2, -0.15) is 9.40 Å². The van der Waals surface area contributed by atoms with E-state index in [-0.39, 0.29) is 0 Å². The third-order valence-corrected chi connectivity index (χ3v) is 7.68. The second kappa shape index (κ2) is 7.99. The van der Waals surface area contributed by atoms with Crippen LogP contribution in [0.4, 0.5) is 5.82 Å². The molecule has 1 aliphatic heterocycles. The van der Waals surface area contributed by atoms with Crippen LogP contribution in [-0.2, 0) is 23.6 Å². The molecule has 10 nitrogen and oxygen atoms in total. The summed E-state index contributed by atoms with van der Waals surface area (Å²) in [5.41, 5.74) is 2.35. The van der Waals surface area contributed by atoms with Gasteiger partial charge < -0.3 is 9.47 Å². The molecule has 0 radical (unpaired) electrons. The number of hydrogen-bond donors (Lipinski definition) is 0. The first-order valence-corrected chi connectivity index (χ1v) is 11.9. The molecule has 4 heterocycles. The molecule has 0 saturated carbocycles. The highest BCUT2D eigenvalue weighted by Crippen LogP contribution is 2.28. The number of imidazole rings is 1. The molecule has 1 saturated heterocycles. The van der Waals surface area contributed by atoms with Crippen molar-refractivity contribution in [2.24, 2.45) is 7.05 Å². The molecule has 4 aromatic rings. The summed E-state index contributed by atoms with van der Waals surface area (Å²) in [6.07, 6.45) is 5.29. The maximum atomic E-state index is 12.9. The van der Waals surface area contributed by atoms with Crippen LogP contribution < -0.4 is 4.90 Å². The molecule has 0 bridgehead atoms. The molecular weight excluding hydrogens is 428 g/mol. The van der Waals surface area contributed by atoms with Crippen LogP contribution in [0.2, 0.25) is 0 Å². The van der Waals surface area contributed by atoms with E-state index in [1.165, 1.54) is 10.6 Å². The highest BCUT2D eigenvalue weighted by molar-refractivity contribution is 7.89. The summed E-state index contributed by atoms with van der Waals surface area (Å²) in [6.45, 7) is 4.63. The van der Waals surface area contributed by atoms with Crippen molar-refractivity contribution in [1.29, 1.82) is 0 Å². The Labute approximate surface area is 186 Å². The largest absolute Gasteiger partial charge is 0.352 e. The Morgan fingerprint density at radius 3 is 2.47 bits per heavy atom. The van der Waals surface area contributed by atoms with E-state index in [1.807, 2.05) is 35.5 Å². The molecule has 5 rings (SSSR count). The molecule has 0 spiro atoms. The van der Waals surface area contributed by atoms with Gasteiger partial charge in [0.1, 0.15) is 12.2 Å². The zero-order chi connectivity index (χ0) is 22.3. The summed E-state index contributed by atoms with van der Waals surface area (Å²) >= 11 is 0. The maximum absolute atomic E-state index is 12.9. The zero-order valence-electron chi connectivity index (χ0n) is 18.0. The maximum Gasteiger partial charge on any atom is 0.243 e. The van der Waals surface area contributed by atoms with Crippen LogP contribution >= 0.6 is 0 Å². The quantitative estimate of drug-likeness (QED) is 0.455. The van der Waals surface area contributed by atoms with Crippen LogP contribution in [0.3, 0.4) is 0 Å². The third kappa shape index (κ3) is 3.43. The minimum absolute atomic E-state index is 0.319. The second-order valence-corrected chi connectivity index (χ2v) is 9.59. The Kier molecular flexibility index (Phi) is 5.14. The minimum atomic E-state index is -3.50. The molecule has 1 aliphatic rings. The molecule has 32 heavy (non-hydrogen) atoms. The summed E-state index contributed by atoms with van der Waals surface area (Å²) in [6, 6.07) is 8.55. The van der Waals surface area contributed by atoms with E-state index >= 15 is 0 Å². The summed E-state index contributed by atoms with van der Waals surface area (Å²) < 4.78 is 31.2. The summed E-state index contributed by atoms with van der Waals surface area (Å²) in [5.74, 6) is 1.49. The zero-order valence-corrected chi connectivity index (χ0v) is 18.8. The number of rotatable bonds is 5. The number of anilines is 1. The van der Waals surface area contributed by atoms with Crippen LogP contribution in [0.1, 0.15) is 6.92 Å². The van der Waals surface area contributed by atoms with Crippen molar-refractivity contribution >= 4 is 27.0 Å². The Bertz CT molecular complexity index is 1360. The first kappa shape index (κ1) is 20.6. The molecular formula is C21H24N8O2S. The predicted octanol–water partition coefficient (Wildman–Crippen LogP) is 1.76. The fourth-order valence-electron chi connectivity index (χ4n) is 4.01. The molecule has 0 unspecified atom stereocenters. The average molecular weight is 453 g/mol. The summed E-state index contributed by atoms with van der Waals surface area (Å²) in [7, 11) is -1.58. The average Bonchev–Trinajstić information content (AvgIpc) is 3.44. The minimum Gasteiger partial charge on any atom is -0.352 e. The fourth-order valence-corrected chi connectivity index (χ4v) is 5.45. The van der Waals surface area contributed by atoms with Crippen molar-refractivity contribution in [3.63, 3.8) is 0 Å². The van der Waals surface area contributed by atoms with Gasteiger partial charge >= 0.3 is 0 Å². The second-order valence-electron chi connectivity index (χ2n) is 7.65. The fraction of sp³-hybridized carbons (Fsp3) is 0.333. The molecule has 1 fully saturated rings. The normalized spacial score (nSPS) is 15.5. The summed E-state index contributed by atoms with van der Waals surface area (Å²) in [5, 5.41) is 4.35. The number of aryl methyl sites for hydroxylation is 2. The van der Waals surface area contributed by atoms with Crippen LogP contribution in [0, 0.1) is 0 Å². The van der Waals surface area contributed by atoms with Crippen molar-refractivity contribution in [2.75, 3.05) is 31.1 Å². The van der Waals surface area contributed by atoms with Gasteiger partial charge in [0.15, 0.2) is 17.0 Å². The molecule has 11 heteroatoms. The molecule has 3 aromatic heterocycles. The monoisotopic (exact) mass is 452 g/mol. The number of nitrogens with zero attached hydrogens (tertiary/aromatic N) is 8. The van der Waals surface area contributed by atoms with E-state index < -0.39 is 10.0 Å². The lowest BCUT2D eigenvalue weighted by Crippen LogP contribution is -2.49. The van der Waals surface area contributed by atoms with Gasteiger partial charge in [0.2, 0.25) is 10.0 Å². The lowest BCUT2D eigenvalue weighted by Gasteiger charge is -2.34. The predicted molar refractivity (Wildman–Crippen MR) is 121 cm³/mol. The van der Waals surface area contributed by atoms with Crippen LogP contribution in [0.25, 0.3) is 22.6 Å². The van der Waals surface area contributed by atoms with Crippen molar-refractivity contribution in [3.05, 3.63) is 49.1 Å². The van der Waals surface area contributed by atoms with Gasteiger partial charge in [-0.3, -0.25) is 4.68 Å². The van der Waals surface area contributed by atoms with Gasteiger partial charge in [0.25, 0.3) is 0 Å². The van der Waals surface area contributed by atoms with Crippen molar-refractivity contribution in [1.82, 2.24) is 33.6 Å². The number of sulfonamides is 1. The molecule has 0 N–H and O–H groups in total. The van der Waals surface area contributed by atoms with Crippen LogP contribution in [-0.4, -0.2) is 68.2 Å². The van der Waals surface area contributed by atoms with E-state index in [0.717, 1.165) is 29.4 Å². The molecule has 1 aromatic carbocycles. The standard InChI is InChI=1S/C21H24N8O2S/c1-3-28-14-16(13-24-28)19-25-18-20(26(19)2)22-15-23-21(18)27-9-11-29(12-10-27)32(30,31)17-7-5-4-6-8-17/h4-8,13-15H,3,9-12H2,1-2H3. The highest BCUT2D eigenvalue weighted by Gasteiger charge is 2.30. The van der Waals surface area contributed by atoms with E-state index in [4.69, 9.17) is 4.98 Å². The molecule has 0 amide bonds. The van der Waals surface area contributed by atoms with Crippen molar-refractivity contribution in [3.8, 4) is 11.4 Å². The van der Waals surface area contributed by atoms with Gasteiger partial charge in [0.05, 0.1) is 16.7 Å². The third-order valence-electron chi connectivity index (χ3n) is 5.77. The Hall–Kier alpha value is -3.31. The molecule has 0 atom stereocenters. The summed E-state index contributed by atoms with van der Waals surface area (Å²) in [4.78, 5) is 16.2. The first-order valence-electron chi connectivity index (χ1n) is 10.5. The molecule has 166 valence electrons. The number of hydrogen-bond acceptors (Lipinski definition) is 7. The van der Waals surface area contributed by atoms with Gasteiger partial charge in [-0.25, -0.2) is 23.4 Å². The van der Waals surface area contributed by atoms with Gasteiger partial charge in [-0.15, -0.1) is 0 Å². The van der Waals surface area contributed by atoms with Crippen molar-refractivity contribution in [2.45, 2.75) is 18.4 Å². The van der Waals surface area contributed by atoms with E-state index in [0.29, 0.717) is 36.6 Å². The topological polar surface area (TPSA) is 102 Å². The number of piperazine rings is 1. The van der Waals surface area contributed by atoms with Crippen LogP contribution in [0.15, 0.2) is 53.9 Å². The number of benzene rings is 1. The Balaban J connectivity index is 1.42. The SMILES string of the molecule is CCn1cc(-c2nc3c(N4CCN(S(=O)(=O)c5ccccc5)CC4)ncnc3n2C)cn1. The number of fused-ring (bicyclic) bond motifs is 1. The lowest BCUT2D eigenvalue weighted by molar-refractivity contribution is 0.384.